The van der Waals surface area contributed by atoms with Crippen LogP contribution < -0.4 is 5.32 Å². The molecular weight excluding hydrogens is 256 g/mol. The lowest BCUT2D eigenvalue weighted by molar-refractivity contribution is 0.0697. The van der Waals surface area contributed by atoms with Gasteiger partial charge >= 0.3 is 5.97 Å². The number of carboxylic acids is 1. The lowest BCUT2D eigenvalue weighted by Crippen LogP contribution is -2.11. The SMILES string of the molecule is Cc1cc(C)c(C(=O)O)c(NCc2cn(C)nc2C)n1. The Labute approximate surface area is 117 Å². The molecular formula is C14H18N4O2. The summed E-state index contributed by atoms with van der Waals surface area (Å²) in [6.45, 7) is 6.04. The highest BCUT2D eigenvalue weighted by molar-refractivity contribution is 5.94. The molecule has 6 heteroatoms. The zero-order valence-corrected chi connectivity index (χ0v) is 12.1. The number of hydrogen-bond donors (Lipinski definition) is 2. The molecule has 20 heavy (non-hydrogen) atoms. The molecule has 0 fully saturated rings. The van der Waals surface area contributed by atoms with Gasteiger partial charge in [-0.25, -0.2) is 9.78 Å². The molecule has 0 aliphatic rings. The van der Waals surface area contributed by atoms with E-state index in [1.165, 1.54) is 0 Å². The van der Waals surface area contributed by atoms with Crippen LogP contribution in [0, 0.1) is 20.8 Å². The number of carbonyl (C=O) groups is 1. The number of nitrogens with zero attached hydrogens (tertiary/aromatic N) is 3. The highest BCUT2D eigenvalue weighted by Crippen LogP contribution is 2.19. The van der Waals surface area contributed by atoms with E-state index in [2.05, 4.69) is 15.4 Å². The van der Waals surface area contributed by atoms with Crippen LogP contribution in [0.25, 0.3) is 0 Å². The molecule has 2 aromatic rings. The zero-order chi connectivity index (χ0) is 14.9. The van der Waals surface area contributed by atoms with Crippen LogP contribution in [0.4, 0.5) is 5.82 Å². The number of carboxylic acid groups (broad SMARTS) is 1. The Hall–Kier alpha value is -2.37. The monoisotopic (exact) mass is 274 g/mol. The summed E-state index contributed by atoms with van der Waals surface area (Å²) in [5.41, 5.74) is 3.65. The van der Waals surface area contributed by atoms with Crippen molar-refractivity contribution in [3.63, 3.8) is 0 Å². The molecule has 0 unspecified atom stereocenters. The maximum absolute atomic E-state index is 11.3. The molecule has 2 rings (SSSR count). The fourth-order valence-electron chi connectivity index (χ4n) is 2.24. The smallest absolute Gasteiger partial charge is 0.339 e. The molecule has 2 heterocycles. The predicted octanol–water partition coefficient (Wildman–Crippen LogP) is 2.05. The van der Waals surface area contributed by atoms with E-state index in [0.717, 1.165) is 17.0 Å². The summed E-state index contributed by atoms with van der Waals surface area (Å²) >= 11 is 0. The van der Waals surface area contributed by atoms with Gasteiger partial charge in [0.25, 0.3) is 0 Å². The molecule has 0 aromatic carbocycles. The first kappa shape index (κ1) is 14.0. The van der Waals surface area contributed by atoms with Gasteiger partial charge in [0.15, 0.2) is 0 Å². The fourth-order valence-corrected chi connectivity index (χ4v) is 2.24. The lowest BCUT2D eigenvalue weighted by Gasteiger charge is -2.11. The van der Waals surface area contributed by atoms with Gasteiger partial charge < -0.3 is 10.4 Å². The van der Waals surface area contributed by atoms with E-state index in [1.54, 1.807) is 17.7 Å². The van der Waals surface area contributed by atoms with Crippen LogP contribution in [0.5, 0.6) is 0 Å². The molecule has 0 amide bonds. The van der Waals surface area contributed by atoms with Crippen LogP contribution >= 0.6 is 0 Å². The van der Waals surface area contributed by atoms with E-state index in [1.807, 2.05) is 27.1 Å². The highest BCUT2D eigenvalue weighted by atomic mass is 16.4. The van der Waals surface area contributed by atoms with Gasteiger partial charge in [-0.1, -0.05) is 0 Å². The molecule has 2 N–H and O–H groups in total. The van der Waals surface area contributed by atoms with Crippen molar-refractivity contribution in [1.82, 2.24) is 14.8 Å². The van der Waals surface area contributed by atoms with Crippen molar-refractivity contribution in [3.8, 4) is 0 Å². The number of nitrogens with one attached hydrogen (secondary N) is 1. The molecule has 106 valence electrons. The van der Waals surface area contributed by atoms with E-state index >= 15 is 0 Å². The Morgan fingerprint density at radius 2 is 2.10 bits per heavy atom. The van der Waals surface area contributed by atoms with E-state index in [-0.39, 0.29) is 5.56 Å². The minimum Gasteiger partial charge on any atom is -0.478 e. The van der Waals surface area contributed by atoms with Gasteiger partial charge in [-0.15, -0.1) is 0 Å². The van der Waals surface area contributed by atoms with Gasteiger partial charge in [-0.2, -0.15) is 5.10 Å². The number of rotatable bonds is 4. The van der Waals surface area contributed by atoms with Crippen LogP contribution in [0.2, 0.25) is 0 Å². The van der Waals surface area contributed by atoms with Crippen LogP contribution in [-0.4, -0.2) is 25.8 Å². The van der Waals surface area contributed by atoms with Crippen molar-refractivity contribution in [2.24, 2.45) is 7.05 Å². The van der Waals surface area contributed by atoms with E-state index in [0.29, 0.717) is 17.9 Å². The van der Waals surface area contributed by atoms with Crippen molar-refractivity contribution in [3.05, 3.63) is 40.3 Å². The molecule has 0 radical (unpaired) electrons. The second kappa shape index (κ2) is 5.32. The summed E-state index contributed by atoms with van der Waals surface area (Å²) in [7, 11) is 1.86. The maximum Gasteiger partial charge on any atom is 0.339 e. The number of aromatic carboxylic acids is 1. The normalized spacial score (nSPS) is 10.6. The van der Waals surface area contributed by atoms with Crippen molar-refractivity contribution in [1.29, 1.82) is 0 Å². The lowest BCUT2D eigenvalue weighted by atomic mass is 10.1. The van der Waals surface area contributed by atoms with Crippen LogP contribution in [0.15, 0.2) is 12.3 Å². The van der Waals surface area contributed by atoms with Crippen LogP contribution in [0.1, 0.15) is 32.9 Å². The predicted molar refractivity (Wildman–Crippen MR) is 75.9 cm³/mol. The average Bonchev–Trinajstić information content (AvgIpc) is 2.63. The summed E-state index contributed by atoms with van der Waals surface area (Å²) in [5.74, 6) is -0.571. The van der Waals surface area contributed by atoms with Gasteiger partial charge in [0, 0.05) is 31.0 Å². The van der Waals surface area contributed by atoms with Gasteiger partial charge in [0.05, 0.1) is 5.69 Å². The standard InChI is InChI=1S/C14H18N4O2/c1-8-5-9(2)16-13(12(8)14(19)20)15-6-11-7-18(4)17-10(11)3/h5,7H,6H2,1-4H3,(H,15,16)(H,19,20). The summed E-state index contributed by atoms with van der Waals surface area (Å²) in [4.78, 5) is 15.6. The first-order valence-electron chi connectivity index (χ1n) is 6.33. The van der Waals surface area contributed by atoms with Crippen molar-refractivity contribution < 1.29 is 9.90 Å². The Morgan fingerprint density at radius 1 is 1.40 bits per heavy atom. The molecule has 0 atom stereocenters. The molecule has 6 nitrogen and oxygen atoms in total. The molecule has 0 aliphatic carbocycles. The molecule has 0 aliphatic heterocycles. The zero-order valence-electron chi connectivity index (χ0n) is 12.1. The van der Waals surface area contributed by atoms with Crippen LogP contribution in [0.3, 0.4) is 0 Å². The minimum atomic E-state index is -0.972. The van der Waals surface area contributed by atoms with Crippen molar-refractivity contribution in [2.75, 3.05) is 5.32 Å². The Balaban J connectivity index is 2.29. The highest BCUT2D eigenvalue weighted by Gasteiger charge is 2.16. The average molecular weight is 274 g/mol. The van der Waals surface area contributed by atoms with E-state index < -0.39 is 5.97 Å². The summed E-state index contributed by atoms with van der Waals surface area (Å²) in [5, 5.41) is 16.7. The number of aryl methyl sites for hydroxylation is 4. The topological polar surface area (TPSA) is 80.0 Å². The number of pyridine rings is 1. The summed E-state index contributed by atoms with van der Waals surface area (Å²) in [6, 6.07) is 1.77. The second-order valence-corrected chi connectivity index (χ2v) is 4.88. The number of anilines is 1. The minimum absolute atomic E-state index is 0.220. The number of hydrogen-bond acceptors (Lipinski definition) is 4. The van der Waals surface area contributed by atoms with Crippen molar-refractivity contribution >= 4 is 11.8 Å². The first-order chi connectivity index (χ1) is 9.38. The van der Waals surface area contributed by atoms with Gasteiger partial charge in [-0.3, -0.25) is 4.68 Å². The Bertz CT molecular complexity index is 661. The third-order valence-corrected chi connectivity index (χ3v) is 3.12. The molecule has 0 bridgehead atoms. The van der Waals surface area contributed by atoms with Crippen molar-refractivity contribution in [2.45, 2.75) is 27.3 Å². The van der Waals surface area contributed by atoms with E-state index in [9.17, 15) is 9.90 Å². The largest absolute Gasteiger partial charge is 0.478 e. The molecule has 0 saturated heterocycles. The summed E-state index contributed by atoms with van der Waals surface area (Å²) in [6.07, 6.45) is 1.91. The maximum atomic E-state index is 11.3. The molecule has 0 spiro atoms. The summed E-state index contributed by atoms with van der Waals surface area (Å²) < 4.78 is 1.74. The second-order valence-electron chi connectivity index (χ2n) is 4.88. The van der Waals surface area contributed by atoms with E-state index in [4.69, 9.17) is 0 Å². The first-order valence-corrected chi connectivity index (χ1v) is 6.33. The molecule has 0 saturated carbocycles. The van der Waals surface area contributed by atoms with Gasteiger partial charge in [0.2, 0.25) is 0 Å². The molecule has 2 aromatic heterocycles. The Morgan fingerprint density at radius 3 is 2.65 bits per heavy atom. The third-order valence-electron chi connectivity index (χ3n) is 3.12. The van der Waals surface area contributed by atoms with Gasteiger partial charge in [0.1, 0.15) is 11.4 Å². The number of aromatic nitrogens is 3. The fraction of sp³-hybridized carbons (Fsp3) is 0.357. The quantitative estimate of drug-likeness (QED) is 0.892. The third kappa shape index (κ3) is 2.79. The van der Waals surface area contributed by atoms with Crippen LogP contribution in [-0.2, 0) is 13.6 Å². The Kier molecular flexibility index (Phi) is 3.74. The van der Waals surface area contributed by atoms with Gasteiger partial charge in [-0.05, 0) is 32.4 Å².